The van der Waals surface area contributed by atoms with Crippen molar-refractivity contribution < 1.29 is 9.53 Å². The van der Waals surface area contributed by atoms with Crippen molar-refractivity contribution in [3.05, 3.63) is 83.6 Å². The lowest BCUT2D eigenvalue weighted by atomic mass is 10.1. The van der Waals surface area contributed by atoms with Crippen LogP contribution in [0.15, 0.2) is 66.9 Å². The number of nitrogens with one attached hydrogen (secondary N) is 1. The molecule has 152 valence electrons. The van der Waals surface area contributed by atoms with E-state index in [0.29, 0.717) is 18.7 Å². The van der Waals surface area contributed by atoms with Crippen LogP contribution in [-0.4, -0.2) is 24.5 Å². The molecule has 0 spiro atoms. The number of nitrogens with two attached hydrogens (primary N) is 1. The maximum atomic E-state index is 12.3. The SMILES string of the molecule is COc1ccc(CCCNC(=O)c2ccc(-c3ccc(CN)cc3)nc2)cc1.Cl. The zero-order valence-electron chi connectivity index (χ0n) is 16.4. The maximum Gasteiger partial charge on any atom is 0.252 e. The third-order valence-electron chi connectivity index (χ3n) is 4.60. The first-order chi connectivity index (χ1) is 13.7. The number of hydrogen-bond donors (Lipinski definition) is 2. The molecule has 0 unspecified atom stereocenters. The van der Waals surface area contributed by atoms with Crippen molar-refractivity contribution in [1.29, 1.82) is 0 Å². The van der Waals surface area contributed by atoms with E-state index in [2.05, 4.69) is 10.3 Å². The van der Waals surface area contributed by atoms with Gasteiger partial charge in [0.25, 0.3) is 5.91 Å². The second kappa shape index (κ2) is 11.2. The van der Waals surface area contributed by atoms with Crippen molar-refractivity contribution in [2.24, 2.45) is 5.73 Å². The van der Waals surface area contributed by atoms with Crippen LogP contribution in [0.3, 0.4) is 0 Å². The highest BCUT2D eigenvalue weighted by atomic mass is 35.5. The third-order valence-corrected chi connectivity index (χ3v) is 4.60. The van der Waals surface area contributed by atoms with Crippen LogP contribution >= 0.6 is 12.4 Å². The van der Waals surface area contributed by atoms with Gasteiger partial charge in [-0.1, -0.05) is 36.4 Å². The third kappa shape index (κ3) is 6.31. The largest absolute Gasteiger partial charge is 0.497 e. The van der Waals surface area contributed by atoms with Gasteiger partial charge in [-0.2, -0.15) is 0 Å². The number of carbonyl (C=O) groups excluding carboxylic acids is 1. The Labute approximate surface area is 177 Å². The quantitative estimate of drug-likeness (QED) is 0.549. The minimum Gasteiger partial charge on any atom is -0.497 e. The smallest absolute Gasteiger partial charge is 0.252 e. The lowest BCUT2D eigenvalue weighted by Crippen LogP contribution is -2.24. The Hall–Kier alpha value is -2.89. The van der Waals surface area contributed by atoms with Gasteiger partial charge in [-0.25, -0.2) is 0 Å². The second-order valence-electron chi connectivity index (χ2n) is 6.54. The van der Waals surface area contributed by atoms with E-state index in [1.54, 1.807) is 19.4 Å². The standard InChI is InChI=1S/C23H25N3O2.ClH/c1-28-21-11-6-17(7-12-21)3-2-14-25-23(27)20-10-13-22(26-16-20)19-8-4-18(15-24)5-9-19;/h4-13,16H,2-3,14-15,24H2,1H3,(H,25,27);1H. The summed E-state index contributed by atoms with van der Waals surface area (Å²) in [4.78, 5) is 16.7. The summed E-state index contributed by atoms with van der Waals surface area (Å²) in [5.41, 5.74) is 10.3. The van der Waals surface area contributed by atoms with Gasteiger partial charge in [0.15, 0.2) is 0 Å². The minimum atomic E-state index is -0.104. The summed E-state index contributed by atoms with van der Waals surface area (Å²) < 4.78 is 5.15. The van der Waals surface area contributed by atoms with Gasteiger partial charge >= 0.3 is 0 Å². The van der Waals surface area contributed by atoms with Crippen molar-refractivity contribution in [1.82, 2.24) is 10.3 Å². The first-order valence-electron chi connectivity index (χ1n) is 9.36. The molecule has 2 aromatic carbocycles. The highest BCUT2D eigenvalue weighted by Crippen LogP contribution is 2.18. The van der Waals surface area contributed by atoms with Gasteiger partial charge < -0.3 is 15.8 Å². The molecule has 1 heterocycles. The average Bonchev–Trinajstić information content (AvgIpc) is 2.77. The van der Waals surface area contributed by atoms with Crippen molar-refractivity contribution in [3.63, 3.8) is 0 Å². The lowest BCUT2D eigenvalue weighted by molar-refractivity contribution is 0.0953. The van der Waals surface area contributed by atoms with E-state index in [0.717, 1.165) is 35.4 Å². The maximum absolute atomic E-state index is 12.3. The van der Waals surface area contributed by atoms with Crippen LogP contribution < -0.4 is 15.8 Å². The minimum absolute atomic E-state index is 0. The second-order valence-corrected chi connectivity index (χ2v) is 6.54. The van der Waals surface area contributed by atoms with Crippen LogP contribution in [0.2, 0.25) is 0 Å². The monoisotopic (exact) mass is 411 g/mol. The molecular formula is C23H26ClN3O2. The number of aryl methyl sites for hydroxylation is 1. The molecule has 0 aliphatic heterocycles. The number of hydrogen-bond acceptors (Lipinski definition) is 4. The molecule has 0 atom stereocenters. The Morgan fingerprint density at radius 3 is 2.28 bits per heavy atom. The van der Waals surface area contributed by atoms with Crippen LogP contribution in [0.25, 0.3) is 11.3 Å². The number of amides is 1. The van der Waals surface area contributed by atoms with Crippen molar-refractivity contribution >= 4 is 18.3 Å². The molecule has 6 heteroatoms. The Morgan fingerprint density at radius 2 is 1.69 bits per heavy atom. The van der Waals surface area contributed by atoms with Crippen LogP contribution in [0.5, 0.6) is 5.75 Å². The summed E-state index contributed by atoms with van der Waals surface area (Å²) in [6.45, 7) is 1.14. The highest BCUT2D eigenvalue weighted by molar-refractivity contribution is 5.94. The highest BCUT2D eigenvalue weighted by Gasteiger charge is 2.07. The van der Waals surface area contributed by atoms with Gasteiger partial charge in [-0.15, -0.1) is 12.4 Å². The summed E-state index contributed by atoms with van der Waals surface area (Å²) in [5, 5.41) is 2.95. The molecule has 0 radical (unpaired) electrons. The summed E-state index contributed by atoms with van der Waals surface area (Å²) >= 11 is 0. The summed E-state index contributed by atoms with van der Waals surface area (Å²) in [6.07, 6.45) is 3.39. The molecule has 0 saturated carbocycles. The van der Waals surface area contributed by atoms with Crippen molar-refractivity contribution in [3.8, 4) is 17.0 Å². The molecule has 5 nitrogen and oxygen atoms in total. The van der Waals surface area contributed by atoms with Gasteiger partial charge in [0.05, 0.1) is 18.4 Å². The van der Waals surface area contributed by atoms with E-state index in [1.807, 2.05) is 54.6 Å². The van der Waals surface area contributed by atoms with Crippen LogP contribution in [0, 0.1) is 0 Å². The summed E-state index contributed by atoms with van der Waals surface area (Å²) in [5.74, 6) is 0.746. The molecule has 0 fully saturated rings. The Morgan fingerprint density at radius 1 is 1.00 bits per heavy atom. The number of halogens is 1. The van der Waals surface area contributed by atoms with Crippen molar-refractivity contribution in [2.45, 2.75) is 19.4 Å². The number of aromatic nitrogens is 1. The number of benzene rings is 2. The molecule has 1 aromatic heterocycles. The molecule has 29 heavy (non-hydrogen) atoms. The van der Waals surface area contributed by atoms with Gasteiger partial charge in [0.1, 0.15) is 5.75 Å². The van der Waals surface area contributed by atoms with Gasteiger partial charge in [-0.05, 0) is 48.2 Å². The zero-order valence-corrected chi connectivity index (χ0v) is 17.2. The summed E-state index contributed by atoms with van der Waals surface area (Å²) in [7, 11) is 1.66. The first-order valence-corrected chi connectivity index (χ1v) is 9.36. The fourth-order valence-electron chi connectivity index (χ4n) is 2.90. The topological polar surface area (TPSA) is 77.2 Å². The van der Waals surface area contributed by atoms with E-state index in [-0.39, 0.29) is 18.3 Å². The van der Waals surface area contributed by atoms with Gasteiger partial charge in [0, 0.05) is 24.8 Å². The number of carbonyl (C=O) groups is 1. The number of nitrogens with zero attached hydrogens (tertiary/aromatic N) is 1. The zero-order chi connectivity index (χ0) is 19.8. The summed E-state index contributed by atoms with van der Waals surface area (Å²) in [6, 6.07) is 19.6. The average molecular weight is 412 g/mol. The van der Waals surface area contributed by atoms with E-state index in [4.69, 9.17) is 10.5 Å². The predicted molar refractivity (Wildman–Crippen MR) is 118 cm³/mol. The molecule has 3 N–H and O–H groups in total. The molecule has 0 bridgehead atoms. The fraction of sp³-hybridized carbons (Fsp3) is 0.217. The first kappa shape index (κ1) is 22.4. The molecule has 0 aliphatic carbocycles. The van der Waals surface area contributed by atoms with Crippen LogP contribution in [0.1, 0.15) is 27.9 Å². The number of rotatable bonds is 8. The Bertz CT molecular complexity index is 895. The number of methoxy groups -OCH3 is 1. The molecule has 3 aromatic rings. The molecule has 0 saturated heterocycles. The lowest BCUT2D eigenvalue weighted by Gasteiger charge is -2.07. The number of ether oxygens (including phenoxy) is 1. The van der Waals surface area contributed by atoms with Crippen molar-refractivity contribution in [2.75, 3.05) is 13.7 Å². The van der Waals surface area contributed by atoms with Crippen LogP contribution in [0.4, 0.5) is 0 Å². The van der Waals surface area contributed by atoms with Crippen LogP contribution in [-0.2, 0) is 13.0 Å². The van der Waals surface area contributed by atoms with E-state index < -0.39 is 0 Å². The van der Waals surface area contributed by atoms with Gasteiger partial charge in [-0.3, -0.25) is 9.78 Å². The Kier molecular flexibility index (Phi) is 8.65. The molecule has 3 rings (SSSR count). The predicted octanol–water partition coefficient (Wildman–Crippen LogP) is 4.00. The normalized spacial score (nSPS) is 10.1. The van der Waals surface area contributed by atoms with E-state index in [9.17, 15) is 4.79 Å². The molecule has 1 amide bonds. The molecular weight excluding hydrogens is 386 g/mol. The number of pyridine rings is 1. The Balaban J connectivity index is 0.00000300. The van der Waals surface area contributed by atoms with E-state index >= 15 is 0 Å². The molecule has 0 aliphatic rings. The fourth-order valence-corrected chi connectivity index (χ4v) is 2.90. The van der Waals surface area contributed by atoms with Gasteiger partial charge in [0.2, 0.25) is 0 Å². The van der Waals surface area contributed by atoms with E-state index in [1.165, 1.54) is 5.56 Å².